The van der Waals surface area contributed by atoms with E-state index in [2.05, 4.69) is 35.2 Å². The molecule has 1 aliphatic heterocycles. The summed E-state index contributed by atoms with van der Waals surface area (Å²) in [6.45, 7) is 2.42. The number of nitrogens with zero attached hydrogens (tertiary/aromatic N) is 1. The van der Waals surface area contributed by atoms with Crippen LogP contribution in [0, 0.1) is 5.92 Å². The number of amides is 1. The average Bonchev–Trinajstić information content (AvgIpc) is 2.32. The van der Waals surface area contributed by atoms with E-state index in [0.29, 0.717) is 6.54 Å². The molecular formula is C14H20N2O. The van der Waals surface area contributed by atoms with E-state index < -0.39 is 0 Å². The first-order chi connectivity index (χ1) is 8.24. The largest absolute Gasteiger partial charge is 0.369 e. The third-order valence-corrected chi connectivity index (χ3v) is 3.45. The molecule has 1 amide bonds. The maximum Gasteiger partial charge on any atom is 0.231 e. The van der Waals surface area contributed by atoms with Crippen LogP contribution in [0.15, 0.2) is 30.3 Å². The number of primary amides is 1. The van der Waals surface area contributed by atoms with Gasteiger partial charge in [-0.3, -0.25) is 9.69 Å². The van der Waals surface area contributed by atoms with Crippen molar-refractivity contribution >= 4 is 5.91 Å². The van der Waals surface area contributed by atoms with Crippen LogP contribution in [0.3, 0.4) is 0 Å². The topological polar surface area (TPSA) is 46.3 Å². The Morgan fingerprint density at radius 2 is 1.88 bits per heavy atom. The molecule has 1 saturated heterocycles. The molecule has 3 nitrogen and oxygen atoms in total. The van der Waals surface area contributed by atoms with Crippen LogP contribution in [0.1, 0.15) is 18.4 Å². The van der Waals surface area contributed by atoms with Gasteiger partial charge < -0.3 is 5.73 Å². The fraction of sp³-hybridized carbons (Fsp3) is 0.500. The molecule has 0 saturated carbocycles. The molecular weight excluding hydrogens is 212 g/mol. The zero-order chi connectivity index (χ0) is 12.1. The van der Waals surface area contributed by atoms with Crippen molar-refractivity contribution < 1.29 is 4.79 Å². The van der Waals surface area contributed by atoms with Gasteiger partial charge in [-0.1, -0.05) is 30.3 Å². The summed E-state index contributed by atoms with van der Waals surface area (Å²) in [4.78, 5) is 13.0. The Bertz CT molecular complexity index is 356. The summed E-state index contributed by atoms with van der Waals surface area (Å²) >= 11 is 0. The summed E-state index contributed by atoms with van der Waals surface area (Å²) in [7, 11) is 0. The van der Waals surface area contributed by atoms with E-state index in [9.17, 15) is 4.79 Å². The molecule has 1 fully saturated rings. The Morgan fingerprint density at radius 3 is 2.47 bits per heavy atom. The lowest BCUT2D eigenvalue weighted by Crippen LogP contribution is -2.39. The molecule has 17 heavy (non-hydrogen) atoms. The minimum absolute atomic E-state index is 0.216. The zero-order valence-electron chi connectivity index (χ0n) is 10.1. The first-order valence-corrected chi connectivity index (χ1v) is 6.28. The average molecular weight is 232 g/mol. The molecule has 1 heterocycles. The summed E-state index contributed by atoms with van der Waals surface area (Å²) in [6, 6.07) is 10.6. The second-order valence-electron chi connectivity index (χ2n) is 4.88. The Morgan fingerprint density at radius 1 is 1.24 bits per heavy atom. The van der Waals surface area contributed by atoms with Gasteiger partial charge in [-0.05, 0) is 43.8 Å². The Balaban J connectivity index is 1.78. The number of nitrogens with two attached hydrogens (primary N) is 1. The van der Waals surface area contributed by atoms with Crippen molar-refractivity contribution in [3.05, 3.63) is 35.9 Å². The van der Waals surface area contributed by atoms with E-state index >= 15 is 0 Å². The van der Waals surface area contributed by atoms with E-state index in [1.165, 1.54) is 18.4 Å². The molecule has 2 N–H and O–H groups in total. The number of piperidine rings is 1. The lowest BCUT2D eigenvalue weighted by Gasteiger charge is -2.31. The molecule has 0 aliphatic carbocycles. The van der Waals surface area contributed by atoms with Crippen LogP contribution in [0.25, 0.3) is 0 Å². The van der Waals surface area contributed by atoms with Gasteiger partial charge in [-0.15, -0.1) is 0 Å². The first kappa shape index (κ1) is 12.1. The lowest BCUT2D eigenvalue weighted by atomic mass is 9.90. The number of carbonyl (C=O) groups excluding carboxylic acids is 1. The normalized spacial score (nSPS) is 18.1. The maximum atomic E-state index is 10.8. The van der Waals surface area contributed by atoms with Gasteiger partial charge >= 0.3 is 0 Å². The summed E-state index contributed by atoms with van der Waals surface area (Å²) in [6.07, 6.45) is 3.50. The molecule has 0 aromatic heterocycles. The quantitative estimate of drug-likeness (QED) is 0.853. The highest BCUT2D eigenvalue weighted by molar-refractivity contribution is 5.75. The van der Waals surface area contributed by atoms with Crippen LogP contribution in [-0.4, -0.2) is 30.4 Å². The second kappa shape index (κ2) is 5.82. The molecule has 0 radical (unpaired) electrons. The first-order valence-electron chi connectivity index (χ1n) is 6.28. The molecule has 92 valence electrons. The number of rotatable bonds is 4. The number of hydrogen-bond donors (Lipinski definition) is 1. The fourth-order valence-corrected chi connectivity index (χ4v) is 2.52. The van der Waals surface area contributed by atoms with Crippen LogP contribution in [0.5, 0.6) is 0 Å². The predicted octanol–water partition coefficient (Wildman–Crippen LogP) is 1.43. The van der Waals surface area contributed by atoms with Crippen molar-refractivity contribution in [3.63, 3.8) is 0 Å². The van der Waals surface area contributed by atoms with E-state index in [0.717, 1.165) is 25.4 Å². The van der Waals surface area contributed by atoms with Crippen molar-refractivity contribution in [1.29, 1.82) is 0 Å². The van der Waals surface area contributed by atoms with Gasteiger partial charge in [0, 0.05) is 0 Å². The number of hydrogen-bond acceptors (Lipinski definition) is 2. The van der Waals surface area contributed by atoms with Gasteiger partial charge in [0.1, 0.15) is 0 Å². The maximum absolute atomic E-state index is 10.8. The van der Waals surface area contributed by atoms with Crippen molar-refractivity contribution in [2.45, 2.75) is 19.3 Å². The van der Waals surface area contributed by atoms with Crippen molar-refractivity contribution in [1.82, 2.24) is 4.90 Å². The monoisotopic (exact) mass is 232 g/mol. The molecule has 3 heteroatoms. The van der Waals surface area contributed by atoms with E-state index in [1.807, 2.05) is 0 Å². The Labute approximate surface area is 103 Å². The highest BCUT2D eigenvalue weighted by atomic mass is 16.1. The Hall–Kier alpha value is -1.35. The number of benzene rings is 1. The van der Waals surface area contributed by atoms with Crippen LogP contribution in [0.2, 0.25) is 0 Å². The molecule has 0 spiro atoms. The van der Waals surface area contributed by atoms with Gasteiger partial charge in [0.15, 0.2) is 0 Å². The summed E-state index contributed by atoms with van der Waals surface area (Å²) in [5.74, 6) is 0.535. The molecule has 1 aromatic rings. The van der Waals surface area contributed by atoms with Crippen molar-refractivity contribution in [3.8, 4) is 0 Å². The molecule has 1 aromatic carbocycles. The summed E-state index contributed by atoms with van der Waals surface area (Å²) < 4.78 is 0. The molecule has 1 aliphatic rings. The fourth-order valence-electron chi connectivity index (χ4n) is 2.52. The summed E-state index contributed by atoms with van der Waals surface area (Å²) in [5, 5.41) is 0. The van der Waals surface area contributed by atoms with E-state index in [-0.39, 0.29) is 5.91 Å². The van der Waals surface area contributed by atoms with E-state index in [4.69, 9.17) is 5.73 Å². The minimum atomic E-state index is -0.216. The lowest BCUT2D eigenvalue weighted by molar-refractivity contribution is -0.119. The smallest absolute Gasteiger partial charge is 0.231 e. The molecule has 2 rings (SSSR count). The van der Waals surface area contributed by atoms with Crippen LogP contribution in [0.4, 0.5) is 0 Å². The van der Waals surface area contributed by atoms with Crippen molar-refractivity contribution in [2.24, 2.45) is 11.7 Å². The van der Waals surface area contributed by atoms with Gasteiger partial charge in [-0.25, -0.2) is 0 Å². The third-order valence-electron chi connectivity index (χ3n) is 3.45. The SMILES string of the molecule is NC(=O)CN1CCC(Cc2ccccc2)CC1. The number of carbonyl (C=O) groups is 1. The van der Waals surface area contributed by atoms with E-state index in [1.54, 1.807) is 0 Å². The minimum Gasteiger partial charge on any atom is -0.369 e. The van der Waals surface area contributed by atoms with Gasteiger partial charge in [-0.2, -0.15) is 0 Å². The zero-order valence-corrected chi connectivity index (χ0v) is 10.1. The second-order valence-corrected chi connectivity index (χ2v) is 4.88. The standard InChI is InChI=1S/C14H20N2O/c15-14(17)11-16-8-6-13(7-9-16)10-12-4-2-1-3-5-12/h1-5,13H,6-11H2,(H2,15,17). The highest BCUT2D eigenvalue weighted by Crippen LogP contribution is 2.21. The summed E-state index contributed by atoms with van der Waals surface area (Å²) in [5.41, 5.74) is 6.62. The van der Waals surface area contributed by atoms with Crippen molar-refractivity contribution in [2.75, 3.05) is 19.6 Å². The van der Waals surface area contributed by atoms with Crippen LogP contribution < -0.4 is 5.73 Å². The molecule has 0 atom stereocenters. The number of likely N-dealkylation sites (tertiary alicyclic amines) is 1. The van der Waals surface area contributed by atoms with Gasteiger partial charge in [0.2, 0.25) is 5.91 Å². The predicted molar refractivity (Wildman–Crippen MR) is 68.5 cm³/mol. The van der Waals surface area contributed by atoms with Crippen LogP contribution >= 0.6 is 0 Å². The molecule has 0 bridgehead atoms. The Kier molecular flexibility index (Phi) is 4.15. The highest BCUT2D eigenvalue weighted by Gasteiger charge is 2.20. The van der Waals surface area contributed by atoms with Gasteiger partial charge in [0.05, 0.1) is 6.54 Å². The molecule has 0 unspecified atom stereocenters. The third kappa shape index (κ3) is 3.86. The van der Waals surface area contributed by atoms with Gasteiger partial charge in [0.25, 0.3) is 0 Å². The van der Waals surface area contributed by atoms with Crippen LogP contribution in [-0.2, 0) is 11.2 Å².